The predicted molar refractivity (Wildman–Crippen MR) is 50.6 cm³/mol. The SMILES string of the molecule is CC(=O)Nc1ccc2c(c1)OCC2=O. The van der Waals surface area contributed by atoms with Crippen molar-refractivity contribution < 1.29 is 14.3 Å². The van der Waals surface area contributed by atoms with Gasteiger partial charge in [-0.15, -0.1) is 0 Å². The second-order valence-electron chi connectivity index (χ2n) is 3.10. The van der Waals surface area contributed by atoms with Crippen LogP contribution in [0.1, 0.15) is 17.3 Å². The molecule has 2 rings (SSSR count). The van der Waals surface area contributed by atoms with E-state index in [4.69, 9.17) is 4.74 Å². The molecule has 1 N–H and O–H groups in total. The number of Topliss-reactive ketones (excluding diaryl/α,β-unsaturated/α-hetero) is 1. The van der Waals surface area contributed by atoms with Crippen molar-refractivity contribution >= 4 is 17.4 Å². The molecule has 0 saturated heterocycles. The maximum Gasteiger partial charge on any atom is 0.221 e. The third kappa shape index (κ3) is 1.46. The van der Waals surface area contributed by atoms with Crippen LogP contribution in [0.2, 0.25) is 0 Å². The number of nitrogens with one attached hydrogen (secondary N) is 1. The van der Waals surface area contributed by atoms with Crippen LogP contribution in [-0.2, 0) is 4.79 Å². The van der Waals surface area contributed by atoms with E-state index in [-0.39, 0.29) is 18.3 Å². The topological polar surface area (TPSA) is 55.4 Å². The Labute approximate surface area is 80.9 Å². The number of amides is 1. The number of benzene rings is 1. The molecule has 0 atom stereocenters. The second kappa shape index (κ2) is 3.14. The van der Waals surface area contributed by atoms with Crippen LogP contribution in [0.15, 0.2) is 18.2 Å². The Morgan fingerprint density at radius 3 is 3.00 bits per heavy atom. The first-order valence-electron chi connectivity index (χ1n) is 4.24. The van der Waals surface area contributed by atoms with Gasteiger partial charge < -0.3 is 10.1 Å². The molecule has 0 fully saturated rings. The summed E-state index contributed by atoms with van der Waals surface area (Å²) in [5.74, 6) is 0.380. The van der Waals surface area contributed by atoms with E-state index in [1.165, 1.54) is 6.92 Å². The molecule has 0 bridgehead atoms. The molecule has 1 aliphatic rings. The van der Waals surface area contributed by atoms with E-state index in [1.807, 2.05) is 0 Å². The third-order valence-electron chi connectivity index (χ3n) is 1.96. The minimum absolute atomic E-state index is 0.0191. The molecule has 4 heteroatoms. The lowest BCUT2D eigenvalue weighted by Gasteiger charge is -2.03. The Morgan fingerprint density at radius 1 is 1.50 bits per heavy atom. The molecule has 0 aromatic heterocycles. The zero-order valence-corrected chi connectivity index (χ0v) is 7.66. The minimum Gasteiger partial charge on any atom is -0.485 e. The third-order valence-corrected chi connectivity index (χ3v) is 1.96. The number of anilines is 1. The normalized spacial score (nSPS) is 13.4. The Balaban J connectivity index is 2.32. The summed E-state index contributed by atoms with van der Waals surface area (Å²) in [7, 11) is 0. The van der Waals surface area contributed by atoms with E-state index in [0.29, 0.717) is 17.0 Å². The van der Waals surface area contributed by atoms with Gasteiger partial charge in [0.1, 0.15) is 5.75 Å². The summed E-state index contributed by atoms with van der Waals surface area (Å²) in [6.07, 6.45) is 0. The molecule has 4 nitrogen and oxygen atoms in total. The van der Waals surface area contributed by atoms with Crippen LogP contribution in [0.5, 0.6) is 5.75 Å². The standard InChI is InChI=1S/C10H9NO3/c1-6(12)11-7-2-3-8-9(13)5-14-10(8)4-7/h2-4H,5H2,1H3,(H,11,12). The van der Waals surface area contributed by atoms with Gasteiger partial charge in [-0.05, 0) is 12.1 Å². The van der Waals surface area contributed by atoms with Crippen molar-refractivity contribution in [3.05, 3.63) is 23.8 Å². The lowest BCUT2D eigenvalue weighted by molar-refractivity contribution is -0.114. The number of ether oxygens (including phenoxy) is 1. The van der Waals surface area contributed by atoms with Gasteiger partial charge in [-0.2, -0.15) is 0 Å². The van der Waals surface area contributed by atoms with Gasteiger partial charge in [0.2, 0.25) is 11.7 Å². The van der Waals surface area contributed by atoms with Crippen molar-refractivity contribution in [3.8, 4) is 5.75 Å². The maximum atomic E-state index is 11.2. The smallest absolute Gasteiger partial charge is 0.221 e. The highest BCUT2D eigenvalue weighted by atomic mass is 16.5. The average molecular weight is 191 g/mol. The van der Waals surface area contributed by atoms with Crippen LogP contribution >= 0.6 is 0 Å². The van der Waals surface area contributed by atoms with Gasteiger partial charge >= 0.3 is 0 Å². The van der Waals surface area contributed by atoms with E-state index >= 15 is 0 Å². The van der Waals surface area contributed by atoms with E-state index in [1.54, 1.807) is 18.2 Å². The quantitative estimate of drug-likeness (QED) is 0.726. The lowest BCUT2D eigenvalue weighted by Crippen LogP contribution is -2.05. The van der Waals surface area contributed by atoms with Crippen LogP contribution in [0.3, 0.4) is 0 Å². The Bertz CT molecular complexity index is 412. The number of fused-ring (bicyclic) bond motifs is 1. The van der Waals surface area contributed by atoms with E-state index < -0.39 is 0 Å². The molecule has 0 radical (unpaired) electrons. The number of carbonyl (C=O) groups excluding carboxylic acids is 2. The summed E-state index contributed by atoms with van der Waals surface area (Å²) in [5, 5.41) is 2.62. The van der Waals surface area contributed by atoms with E-state index in [2.05, 4.69) is 5.32 Å². The second-order valence-corrected chi connectivity index (χ2v) is 3.10. The molecule has 0 unspecified atom stereocenters. The molecule has 1 aromatic carbocycles. The number of ketones is 1. The largest absolute Gasteiger partial charge is 0.485 e. The van der Waals surface area contributed by atoms with Gasteiger partial charge in [0.25, 0.3) is 0 Å². The molecule has 1 aliphatic heterocycles. The van der Waals surface area contributed by atoms with Gasteiger partial charge in [0.05, 0.1) is 5.56 Å². The highest BCUT2D eigenvalue weighted by Crippen LogP contribution is 2.28. The molecule has 0 spiro atoms. The van der Waals surface area contributed by atoms with Gasteiger partial charge in [0.15, 0.2) is 6.61 Å². The summed E-state index contributed by atoms with van der Waals surface area (Å²) in [5.41, 5.74) is 1.23. The van der Waals surface area contributed by atoms with Crippen LogP contribution in [0, 0.1) is 0 Å². The zero-order valence-electron chi connectivity index (χ0n) is 7.66. The maximum absolute atomic E-state index is 11.2. The first-order valence-corrected chi connectivity index (χ1v) is 4.24. The lowest BCUT2D eigenvalue weighted by atomic mass is 10.1. The van der Waals surface area contributed by atoms with E-state index in [0.717, 1.165) is 0 Å². The molecule has 1 heterocycles. The molecule has 0 saturated carbocycles. The van der Waals surface area contributed by atoms with Crippen molar-refractivity contribution in [3.63, 3.8) is 0 Å². The van der Waals surface area contributed by atoms with Crippen molar-refractivity contribution in [1.29, 1.82) is 0 Å². The fourth-order valence-electron chi connectivity index (χ4n) is 1.37. The monoisotopic (exact) mass is 191 g/mol. The fraction of sp³-hybridized carbons (Fsp3) is 0.200. The first kappa shape index (κ1) is 8.74. The van der Waals surface area contributed by atoms with E-state index in [9.17, 15) is 9.59 Å². The van der Waals surface area contributed by atoms with Gasteiger partial charge in [-0.25, -0.2) is 0 Å². The summed E-state index contributed by atoms with van der Waals surface area (Å²) < 4.78 is 5.13. The summed E-state index contributed by atoms with van der Waals surface area (Å²) in [4.78, 5) is 21.9. The minimum atomic E-state index is -0.144. The first-order chi connectivity index (χ1) is 6.66. The number of hydrogen-bond acceptors (Lipinski definition) is 3. The highest BCUT2D eigenvalue weighted by Gasteiger charge is 2.20. The zero-order chi connectivity index (χ0) is 10.1. The fourth-order valence-corrected chi connectivity index (χ4v) is 1.37. The molecule has 14 heavy (non-hydrogen) atoms. The van der Waals surface area contributed by atoms with Crippen molar-refractivity contribution in [2.24, 2.45) is 0 Å². The molecular formula is C10H9NO3. The van der Waals surface area contributed by atoms with Crippen molar-refractivity contribution in [2.45, 2.75) is 6.92 Å². The Kier molecular flexibility index (Phi) is 1.96. The molecular weight excluding hydrogens is 182 g/mol. The number of rotatable bonds is 1. The summed E-state index contributed by atoms with van der Waals surface area (Å²) >= 11 is 0. The Hall–Kier alpha value is -1.84. The van der Waals surface area contributed by atoms with Crippen molar-refractivity contribution in [1.82, 2.24) is 0 Å². The van der Waals surface area contributed by atoms with Gasteiger partial charge in [-0.1, -0.05) is 0 Å². The average Bonchev–Trinajstić information content (AvgIpc) is 2.46. The highest BCUT2D eigenvalue weighted by molar-refractivity contribution is 6.03. The number of hydrogen-bond donors (Lipinski definition) is 1. The van der Waals surface area contributed by atoms with Crippen LogP contribution in [0.4, 0.5) is 5.69 Å². The number of carbonyl (C=O) groups is 2. The van der Waals surface area contributed by atoms with Crippen LogP contribution < -0.4 is 10.1 Å². The molecule has 1 amide bonds. The molecule has 0 aliphatic carbocycles. The van der Waals surface area contributed by atoms with Crippen LogP contribution in [-0.4, -0.2) is 18.3 Å². The molecule has 72 valence electrons. The van der Waals surface area contributed by atoms with Crippen molar-refractivity contribution in [2.75, 3.05) is 11.9 Å². The van der Waals surface area contributed by atoms with Crippen LogP contribution in [0.25, 0.3) is 0 Å². The Morgan fingerprint density at radius 2 is 2.29 bits per heavy atom. The predicted octanol–water partition coefficient (Wildman–Crippen LogP) is 1.22. The molecule has 1 aromatic rings. The van der Waals surface area contributed by atoms with Gasteiger partial charge in [0, 0.05) is 18.7 Å². The van der Waals surface area contributed by atoms with Gasteiger partial charge in [-0.3, -0.25) is 9.59 Å². The summed E-state index contributed by atoms with van der Waals surface area (Å²) in [6, 6.07) is 5.00. The summed E-state index contributed by atoms with van der Waals surface area (Å²) in [6.45, 7) is 1.53.